The minimum atomic E-state index is -0.355. The van der Waals surface area contributed by atoms with Gasteiger partial charge in [-0.2, -0.15) is 0 Å². The summed E-state index contributed by atoms with van der Waals surface area (Å²) in [7, 11) is 0. The van der Waals surface area contributed by atoms with Crippen molar-refractivity contribution in [3.63, 3.8) is 0 Å². The van der Waals surface area contributed by atoms with Gasteiger partial charge in [-0.15, -0.1) is 0 Å². The van der Waals surface area contributed by atoms with Crippen molar-refractivity contribution in [2.75, 3.05) is 0 Å². The highest BCUT2D eigenvalue weighted by Crippen LogP contribution is 2.28. The van der Waals surface area contributed by atoms with Crippen LogP contribution < -0.4 is 5.32 Å². The number of halogens is 1. The van der Waals surface area contributed by atoms with Crippen molar-refractivity contribution >= 4 is 34.6 Å². The second kappa shape index (κ2) is 5.93. The number of nitrogens with zero attached hydrogens (tertiary/aromatic N) is 1. The van der Waals surface area contributed by atoms with E-state index in [1.165, 1.54) is 23.9 Å². The summed E-state index contributed by atoms with van der Waals surface area (Å²) >= 11 is 1.20. The predicted octanol–water partition coefficient (Wildman–Crippen LogP) is 3.72. The van der Waals surface area contributed by atoms with Gasteiger partial charge in [-0.3, -0.25) is 4.79 Å². The molecule has 3 nitrogen and oxygen atoms in total. The van der Waals surface area contributed by atoms with Gasteiger partial charge in [0.15, 0.2) is 5.17 Å². The molecule has 2 aromatic rings. The molecule has 0 bridgehead atoms. The van der Waals surface area contributed by atoms with Crippen LogP contribution in [-0.4, -0.2) is 11.1 Å². The Morgan fingerprint density at radius 3 is 2.52 bits per heavy atom. The lowest BCUT2D eigenvalue weighted by Gasteiger charge is -1.96. The largest absolute Gasteiger partial charge is 0.300 e. The molecule has 1 amide bonds. The molecule has 5 heteroatoms. The number of benzene rings is 2. The maximum absolute atomic E-state index is 13.6. The van der Waals surface area contributed by atoms with E-state index in [-0.39, 0.29) is 11.7 Å². The summed E-state index contributed by atoms with van der Waals surface area (Å²) in [6.07, 6.45) is 1.53. The van der Waals surface area contributed by atoms with Crippen LogP contribution in [0, 0.1) is 5.82 Å². The van der Waals surface area contributed by atoms with Gasteiger partial charge in [0.05, 0.1) is 10.6 Å². The zero-order valence-corrected chi connectivity index (χ0v) is 11.7. The molecule has 0 aliphatic carbocycles. The van der Waals surface area contributed by atoms with E-state index in [0.29, 0.717) is 15.6 Å². The SMILES string of the molecule is O=C1NC(=Nc2ccccc2)SC1=Cc1ccccc1F. The second-order valence-corrected chi connectivity index (χ2v) is 5.37. The van der Waals surface area contributed by atoms with E-state index in [4.69, 9.17) is 0 Å². The van der Waals surface area contributed by atoms with Crippen molar-refractivity contribution in [2.45, 2.75) is 0 Å². The normalized spacial score (nSPS) is 18.2. The Morgan fingerprint density at radius 1 is 1.05 bits per heavy atom. The second-order valence-electron chi connectivity index (χ2n) is 4.34. The van der Waals surface area contributed by atoms with Crippen LogP contribution in [0.3, 0.4) is 0 Å². The van der Waals surface area contributed by atoms with E-state index in [1.807, 2.05) is 30.3 Å². The third-order valence-electron chi connectivity index (χ3n) is 2.83. The van der Waals surface area contributed by atoms with Crippen LogP contribution in [0.15, 0.2) is 64.5 Å². The average Bonchev–Trinajstić information content (AvgIpc) is 2.82. The average molecular weight is 298 g/mol. The fourth-order valence-corrected chi connectivity index (χ4v) is 2.67. The Kier molecular flexibility index (Phi) is 3.83. The molecule has 0 spiro atoms. The summed E-state index contributed by atoms with van der Waals surface area (Å²) in [6.45, 7) is 0. The van der Waals surface area contributed by atoms with Crippen molar-refractivity contribution in [3.05, 3.63) is 70.9 Å². The molecule has 1 fully saturated rings. The molecule has 1 aliphatic heterocycles. The molecule has 1 aliphatic rings. The number of nitrogens with one attached hydrogen (secondary N) is 1. The van der Waals surface area contributed by atoms with Crippen molar-refractivity contribution in [1.29, 1.82) is 0 Å². The first kappa shape index (κ1) is 13.6. The van der Waals surface area contributed by atoms with Crippen molar-refractivity contribution in [2.24, 2.45) is 4.99 Å². The maximum atomic E-state index is 13.6. The molecular weight excluding hydrogens is 287 g/mol. The van der Waals surface area contributed by atoms with Crippen LogP contribution in [-0.2, 0) is 4.79 Å². The lowest BCUT2D eigenvalue weighted by Crippen LogP contribution is -2.19. The summed E-state index contributed by atoms with van der Waals surface area (Å²) in [5.74, 6) is -0.621. The van der Waals surface area contributed by atoms with Crippen LogP contribution in [0.5, 0.6) is 0 Å². The lowest BCUT2D eigenvalue weighted by molar-refractivity contribution is -0.115. The van der Waals surface area contributed by atoms with Crippen LogP contribution in [0.4, 0.5) is 10.1 Å². The number of carbonyl (C=O) groups is 1. The molecule has 1 N–H and O–H groups in total. The Hall–Kier alpha value is -2.40. The zero-order chi connectivity index (χ0) is 14.7. The van der Waals surface area contributed by atoms with E-state index in [1.54, 1.807) is 18.2 Å². The number of thioether (sulfide) groups is 1. The van der Waals surface area contributed by atoms with Crippen LogP contribution in [0.25, 0.3) is 6.08 Å². The first-order valence-corrected chi connectivity index (χ1v) is 7.13. The quantitative estimate of drug-likeness (QED) is 0.859. The topological polar surface area (TPSA) is 41.5 Å². The van der Waals surface area contributed by atoms with E-state index in [9.17, 15) is 9.18 Å². The molecule has 0 unspecified atom stereocenters. The van der Waals surface area contributed by atoms with Gasteiger partial charge >= 0.3 is 0 Å². The van der Waals surface area contributed by atoms with Crippen LogP contribution in [0.2, 0.25) is 0 Å². The number of aliphatic imine (C=N–C) groups is 1. The third-order valence-corrected chi connectivity index (χ3v) is 3.74. The predicted molar refractivity (Wildman–Crippen MR) is 83.6 cm³/mol. The number of amides is 1. The zero-order valence-electron chi connectivity index (χ0n) is 10.9. The number of hydrogen-bond donors (Lipinski definition) is 1. The Morgan fingerprint density at radius 2 is 1.76 bits per heavy atom. The Bertz CT molecular complexity index is 741. The minimum absolute atomic E-state index is 0.266. The molecule has 3 rings (SSSR count). The van der Waals surface area contributed by atoms with Gasteiger partial charge in [0.25, 0.3) is 5.91 Å². The monoisotopic (exact) mass is 298 g/mol. The molecule has 21 heavy (non-hydrogen) atoms. The number of amidine groups is 1. The molecule has 2 aromatic carbocycles. The first-order chi connectivity index (χ1) is 10.2. The smallest absolute Gasteiger partial charge is 0.264 e. The van der Waals surface area contributed by atoms with E-state index < -0.39 is 0 Å². The van der Waals surface area contributed by atoms with Gasteiger partial charge in [0.1, 0.15) is 5.82 Å². The molecule has 0 aromatic heterocycles. The van der Waals surface area contributed by atoms with Gasteiger partial charge in [-0.25, -0.2) is 9.38 Å². The van der Waals surface area contributed by atoms with Crippen molar-refractivity contribution in [3.8, 4) is 0 Å². The fourth-order valence-electron chi connectivity index (χ4n) is 1.83. The van der Waals surface area contributed by atoms with E-state index in [2.05, 4.69) is 10.3 Å². The summed E-state index contributed by atoms with van der Waals surface area (Å²) in [4.78, 5) is 16.6. The van der Waals surface area contributed by atoms with Gasteiger partial charge in [-0.1, -0.05) is 36.4 Å². The Labute approximate surface area is 125 Å². The summed E-state index contributed by atoms with van der Waals surface area (Å²) in [6, 6.07) is 15.7. The van der Waals surface area contributed by atoms with Crippen molar-refractivity contribution < 1.29 is 9.18 Å². The third kappa shape index (κ3) is 3.20. The van der Waals surface area contributed by atoms with Gasteiger partial charge in [0, 0.05) is 5.56 Å². The Balaban J connectivity index is 1.86. The first-order valence-electron chi connectivity index (χ1n) is 6.31. The molecular formula is C16H11FN2OS. The molecule has 1 saturated heterocycles. The maximum Gasteiger partial charge on any atom is 0.264 e. The van der Waals surface area contributed by atoms with Crippen LogP contribution >= 0.6 is 11.8 Å². The van der Waals surface area contributed by atoms with Gasteiger partial charge in [0.2, 0.25) is 0 Å². The molecule has 0 saturated carbocycles. The molecule has 104 valence electrons. The number of para-hydroxylation sites is 1. The number of hydrogen-bond acceptors (Lipinski definition) is 3. The minimum Gasteiger partial charge on any atom is -0.300 e. The summed E-state index contributed by atoms with van der Waals surface area (Å²) < 4.78 is 13.6. The highest BCUT2D eigenvalue weighted by atomic mass is 32.2. The van der Waals surface area contributed by atoms with E-state index in [0.717, 1.165) is 5.69 Å². The van der Waals surface area contributed by atoms with E-state index >= 15 is 0 Å². The molecule has 0 atom stereocenters. The fraction of sp³-hybridized carbons (Fsp3) is 0. The summed E-state index contributed by atoms with van der Waals surface area (Å²) in [5.41, 5.74) is 1.14. The molecule has 0 radical (unpaired) electrons. The standard InChI is InChI=1S/C16H11FN2OS/c17-13-9-5-4-6-11(13)10-14-15(20)19-16(21-14)18-12-7-2-1-3-8-12/h1-10H,(H,18,19,20). The molecule has 1 heterocycles. The highest BCUT2D eigenvalue weighted by Gasteiger charge is 2.24. The van der Waals surface area contributed by atoms with Gasteiger partial charge in [-0.05, 0) is 36.0 Å². The van der Waals surface area contributed by atoms with Crippen molar-refractivity contribution in [1.82, 2.24) is 5.32 Å². The van der Waals surface area contributed by atoms with Crippen LogP contribution in [0.1, 0.15) is 5.56 Å². The number of rotatable bonds is 2. The number of carbonyl (C=O) groups excluding carboxylic acids is 1. The lowest BCUT2D eigenvalue weighted by atomic mass is 10.2. The summed E-state index contributed by atoms with van der Waals surface area (Å²) in [5, 5.41) is 3.17. The van der Waals surface area contributed by atoms with Gasteiger partial charge < -0.3 is 5.32 Å². The highest BCUT2D eigenvalue weighted by molar-refractivity contribution is 8.18.